The van der Waals surface area contributed by atoms with E-state index in [1.165, 1.54) is 12.8 Å². The van der Waals surface area contributed by atoms with Crippen molar-refractivity contribution in [2.75, 3.05) is 13.7 Å². The summed E-state index contributed by atoms with van der Waals surface area (Å²) < 4.78 is 5.22. The van der Waals surface area contributed by atoms with Crippen LogP contribution in [0.3, 0.4) is 0 Å². The summed E-state index contributed by atoms with van der Waals surface area (Å²) in [4.78, 5) is 4.65. The third kappa shape index (κ3) is 4.74. The van der Waals surface area contributed by atoms with Crippen molar-refractivity contribution in [2.24, 2.45) is 4.99 Å². The van der Waals surface area contributed by atoms with Crippen LogP contribution < -0.4 is 5.32 Å². The van der Waals surface area contributed by atoms with Crippen LogP contribution in [0.4, 0.5) is 0 Å². The Hall–Kier alpha value is -0.220. The highest BCUT2D eigenvalue weighted by atomic mass is 32.2. The first-order chi connectivity index (χ1) is 7.65. The summed E-state index contributed by atoms with van der Waals surface area (Å²) in [5.41, 5.74) is 0. The Labute approximate surface area is 103 Å². The lowest BCUT2D eigenvalue weighted by Gasteiger charge is -2.26. The number of hydrogen-bond donors (Lipinski definition) is 1. The Kier molecular flexibility index (Phi) is 6.21. The van der Waals surface area contributed by atoms with Crippen molar-refractivity contribution in [2.45, 2.75) is 57.4 Å². The zero-order valence-corrected chi connectivity index (χ0v) is 11.6. The minimum absolute atomic E-state index is 0.402. The van der Waals surface area contributed by atoms with E-state index in [0.29, 0.717) is 17.3 Å². The highest BCUT2D eigenvalue weighted by Crippen LogP contribution is 2.24. The molecule has 0 bridgehead atoms. The van der Waals surface area contributed by atoms with Crippen molar-refractivity contribution in [3.8, 4) is 0 Å². The average Bonchev–Trinajstić information content (AvgIpc) is 2.16. The van der Waals surface area contributed by atoms with Gasteiger partial charge in [-0.15, -0.1) is 0 Å². The second-order valence-electron chi connectivity index (χ2n) is 4.53. The summed E-state index contributed by atoms with van der Waals surface area (Å²) in [6, 6.07) is 0.849. The Bertz CT molecular complexity index is 227. The molecule has 0 amide bonds. The molecule has 1 aliphatic rings. The second kappa shape index (κ2) is 7.17. The molecule has 16 heavy (non-hydrogen) atoms. The molecule has 1 heterocycles. The number of ether oxygens (including phenoxy) is 1. The summed E-state index contributed by atoms with van der Waals surface area (Å²) in [5, 5.41) is 5.27. The predicted molar refractivity (Wildman–Crippen MR) is 72.3 cm³/mol. The number of amidine groups is 1. The molecule has 0 aliphatic carbocycles. The second-order valence-corrected chi connectivity index (χ2v) is 5.96. The minimum Gasteiger partial charge on any atom is -0.383 e. The van der Waals surface area contributed by atoms with Crippen molar-refractivity contribution in [3.05, 3.63) is 0 Å². The molecule has 1 N–H and O–H groups in total. The van der Waals surface area contributed by atoms with Gasteiger partial charge in [0.1, 0.15) is 0 Å². The molecule has 0 spiro atoms. The first-order valence-corrected chi connectivity index (χ1v) is 7.03. The first kappa shape index (κ1) is 13.8. The van der Waals surface area contributed by atoms with Crippen molar-refractivity contribution in [3.63, 3.8) is 0 Å². The van der Waals surface area contributed by atoms with Gasteiger partial charge in [0, 0.05) is 12.4 Å². The van der Waals surface area contributed by atoms with E-state index in [1.807, 2.05) is 11.8 Å². The van der Waals surface area contributed by atoms with Crippen LogP contribution in [0.1, 0.15) is 40.0 Å². The Morgan fingerprint density at radius 1 is 1.56 bits per heavy atom. The van der Waals surface area contributed by atoms with Crippen molar-refractivity contribution >= 4 is 16.9 Å². The highest BCUT2D eigenvalue weighted by Gasteiger charge is 2.20. The van der Waals surface area contributed by atoms with Gasteiger partial charge in [-0.3, -0.25) is 4.99 Å². The normalized spacial score (nSPS) is 27.4. The molecule has 0 fully saturated rings. The van der Waals surface area contributed by atoms with Crippen LogP contribution >= 0.6 is 11.8 Å². The van der Waals surface area contributed by atoms with Gasteiger partial charge < -0.3 is 10.1 Å². The molecule has 3 unspecified atom stereocenters. The van der Waals surface area contributed by atoms with Crippen molar-refractivity contribution in [1.82, 2.24) is 5.32 Å². The van der Waals surface area contributed by atoms with E-state index in [9.17, 15) is 0 Å². The lowest BCUT2D eigenvalue weighted by Crippen LogP contribution is -2.39. The quantitative estimate of drug-likeness (QED) is 0.807. The van der Waals surface area contributed by atoms with Crippen LogP contribution in [0.2, 0.25) is 0 Å². The van der Waals surface area contributed by atoms with Gasteiger partial charge in [0.05, 0.1) is 18.7 Å². The number of aliphatic imine (C=N–C) groups is 1. The summed E-state index contributed by atoms with van der Waals surface area (Å²) in [7, 11) is 1.76. The summed E-state index contributed by atoms with van der Waals surface area (Å²) >= 11 is 1.85. The molecular weight excluding hydrogens is 220 g/mol. The molecule has 4 heteroatoms. The Morgan fingerprint density at radius 2 is 2.31 bits per heavy atom. The zero-order chi connectivity index (χ0) is 12.0. The maximum absolute atomic E-state index is 5.22. The van der Waals surface area contributed by atoms with Crippen LogP contribution in [0.15, 0.2) is 4.99 Å². The molecule has 0 radical (unpaired) electrons. The summed E-state index contributed by atoms with van der Waals surface area (Å²) in [5.74, 6) is 0. The van der Waals surface area contributed by atoms with E-state index in [2.05, 4.69) is 31.1 Å². The predicted octanol–water partition coefficient (Wildman–Crippen LogP) is 2.66. The Balaban J connectivity index is 2.49. The highest BCUT2D eigenvalue weighted by molar-refractivity contribution is 8.14. The largest absolute Gasteiger partial charge is 0.383 e. The van der Waals surface area contributed by atoms with Crippen molar-refractivity contribution < 1.29 is 4.74 Å². The number of nitrogens with zero attached hydrogens (tertiary/aromatic N) is 1. The molecule has 94 valence electrons. The van der Waals surface area contributed by atoms with Gasteiger partial charge in [0.15, 0.2) is 5.17 Å². The molecule has 0 saturated heterocycles. The minimum atomic E-state index is 0.402. The fourth-order valence-electron chi connectivity index (χ4n) is 2.00. The van der Waals surface area contributed by atoms with E-state index in [-0.39, 0.29) is 0 Å². The number of methoxy groups -OCH3 is 1. The molecule has 0 aromatic carbocycles. The number of thioether (sulfide) groups is 1. The van der Waals surface area contributed by atoms with Gasteiger partial charge in [-0.05, 0) is 19.8 Å². The van der Waals surface area contributed by atoms with Gasteiger partial charge in [-0.1, -0.05) is 32.0 Å². The number of hydrogen-bond acceptors (Lipinski definition) is 4. The molecule has 0 aromatic heterocycles. The number of nitrogens with one attached hydrogen (secondary N) is 1. The average molecular weight is 244 g/mol. The standard InChI is InChI=1S/C12H24N2OS/c1-5-6-11(8-15-4)14-12-13-9(2)7-10(3)16-12/h9-11H,5-8H2,1-4H3,(H,13,14). The van der Waals surface area contributed by atoms with Gasteiger partial charge >= 0.3 is 0 Å². The molecular formula is C12H24N2OS. The summed E-state index contributed by atoms with van der Waals surface area (Å²) in [6.45, 7) is 7.41. The van der Waals surface area contributed by atoms with Crippen LogP contribution in [-0.4, -0.2) is 36.2 Å². The van der Waals surface area contributed by atoms with Gasteiger partial charge in [0.2, 0.25) is 0 Å². The molecule has 0 aromatic rings. The maximum atomic E-state index is 5.22. The third-order valence-corrected chi connectivity index (χ3v) is 3.70. The molecule has 1 rings (SSSR count). The van der Waals surface area contributed by atoms with Gasteiger partial charge in [-0.25, -0.2) is 0 Å². The third-order valence-electron chi connectivity index (χ3n) is 2.66. The van der Waals surface area contributed by atoms with Crippen LogP contribution in [0, 0.1) is 0 Å². The first-order valence-electron chi connectivity index (χ1n) is 6.15. The van der Waals surface area contributed by atoms with E-state index in [1.54, 1.807) is 7.11 Å². The zero-order valence-electron chi connectivity index (χ0n) is 10.8. The monoisotopic (exact) mass is 244 g/mol. The lowest BCUT2D eigenvalue weighted by molar-refractivity contribution is 0.170. The molecule has 1 aliphatic heterocycles. The fraction of sp³-hybridized carbons (Fsp3) is 0.917. The van der Waals surface area contributed by atoms with Crippen molar-refractivity contribution in [1.29, 1.82) is 0 Å². The lowest BCUT2D eigenvalue weighted by atomic mass is 10.2. The summed E-state index contributed by atoms with van der Waals surface area (Å²) in [6.07, 6.45) is 3.48. The SMILES string of the molecule is CCCC(COC)NC1=NC(C)CC(C)S1. The smallest absolute Gasteiger partial charge is 0.157 e. The van der Waals surface area contributed by atoms with Gasteiger partial charge in [-0.2, -0.15) is 0 Å². The van der Waals surface area contributed by atoms with E-state index < -0.39 is 0 Å². The molecule has 0 saturated carbocycles. The van der Waals surface area contributed by atoms with Crippen LogP contribution in [-0.2, 0) is 4.74 Å². The van der Waals surface area contributed by atoms with E-state index in [4.69, 9.17) is 4.74 Å². The fourth-order valence-corrected chi connectivity index (χ4v) is 3.23. The van der Waals surface area contributed by atoms with Crippen LogP contribution in [0.25, 0.3) is 0 Å². The molecule has 3 nitrogen and oxygen atoms in total. The maximum Gasteiger partial charge on any atom is 0.157 e. The van der Waals surface area contributed by atoms with Gasteiger partial charge in [0.25, 0.3) is 0 Å². The Morgan fingerprint density at radius 3 is 2.88 bits per heavy atom. The van der Waals surface area contributed by atoms with E-state index >= 15 is 0 Å². The van der Waals surface area contributed by atoms with Crippen LogP contribution in [0.5, 0.6) is 0 Å². The molecule has 3 atom stereocenters. The topological polar surface area (TPSA) is 33.6 Å². The number of rotatable bonds is 5. The van der Waals surface area contributed by atoms with E-state index in [0.717, 1.165) is 18.2 Å².